The molecular formula is C28H19BrN2O5S. The first-order valence-corrected chi connectivity index (χ1v) is 13.1. The van der Waals surface area contributed by atoms with Crippen LogP contribution in [0.1, 0.15) is 29.1 Å². The lowest BCUT2D eigenvalue weighted by Crippen LogP contribution is -2.30. The molecule has 0 radical (unpaired) electrons. The van der Waals surface area contributed by atoms with Crippen LogP contribution < -0.4 is 9.64 Å². The molecule has 0 bridgehead atoms. The summed E-state index contributed by atoms with van der Waals surface area (Å²) in [4.78, 5) is 33.3. The van der Waals surface area contributed by atoms with Crippen LogP contribution >= 0.6 is 27.3 Å². The van der Waals surface area contributed by atoms with Gasteiger partial charge in [-0.2, -0.15) is 0 Å². The molecule has 7 nitrogen and oxygen atoms in total. The molecule has 0 spiro atoms. The minimum atomic E-state index is -0.905. The van der Waals surface area contributed by atoms with Crippen LogP contribution in [-0.2, 0) is 4.79 Å². The maximum atomic E-state index is 13.8. The number of thiazole rings is 1. The quantitative estimate of drug-likeness (QED) is 0.220. The molecule has 6 rings (SSSR count). The van der Waals surface area contributed by atoms with E-state index in [0.717, 1.165) is 14.6 Å². The van der Waals surface area contributed by atoms with Gasteiger partial charge < -0.3 is 14.3 Å². The number of fused-ring (bicyclic) bond motifs is 2. The van der Waals surface area contributed by atoms with Crippen LogP contribution in [0.4, 0.5) is 5.13 Å². The number of anilines is 1. The lowest BCUT2D eigenvalue weighted by molar-refractivity contribution is -0.117. The maximum Gasteiger partial charge on any atom is 0.296 e. The molecule has 1 amide bonds. The molecule has 0 saturated carbocycles. The molecule has 184 valence electrons. The Labute approximate surface area is 223 Å². The van der Waals surface area contributed by atoms with Gasteiger partial charge in [-0.1, -0.05) is 57.6 Å². The van der Waals surface area contributed by atoms with Gasteiger partial charge in [-0.25, -0.2) is 4.98 Å². The summed E-state index contributed by atoms with van der Waals surface area (Å²) in [5, 5.41) is 12.2. The van der Waals surface area contributed by atoms with Crippen LogP contribution in [0.25, 0.3) is 21.2 Å². The first-order valence-electron chi connectivity index (χ1n) is 11.5. The van der Waals surface area contributed by atoms with Gasteiger partial charge in [0.25, 0.3) is 5.91 Å². The molecule has 0 saturated heterocycles. The van der Waals surface area contributed by atoms with Gasteiger partial charge in [0.05, 0.1) is 28.4 Å². The molecule has 1 atom stereocenters. The van der Waals surface area contributed by atoms with Crippen molar-refractivity contribution in [1.29, 1.82) is 0 Å². The number of ketones is 1. The second-order valence-electron chi connectivity index (χ2n) is 8.43. The molecule has 3 heterocycles. The number of hydrogen-bond donors (Lipinski definition) is 1. The number of aliphatic hydroxyl groups excluding tert-OH is 1. The molecule has 3 aromatic carbocycles. The van der Waals surface area contributed by atoms with Crippen molar-refractivity contribution in [3.8, 4) is 5.75 Å². The van der Waals surface area contributed by atoms with Crippen molar-refractivity contribution in [2.75, 3.05) is 11.5 Å². The predicted molar refractivity (Wildman–Crippen MR) is 145 cm³/mol. The summed E-state index contributed by atoms with van der Waals surface area (Å²) in [6.45, 7) is 2.43. The van der Waals surface area contributed by atoms with Gasteiger partial charge in [-0.15, -0.1) is 0 Å². The normalized spacial score (nSPS) is 15.8. The number of aliphatic hydroxyl groups is 1. The molecule has 2 aromatic heterocycles. The summed E-state index contributed by atoms with van der Waals surface area (Å²) in [5.41, 5.74) is 1.81. The largest absolute Gasteiger partial charge is 0.503 e. The number of amides is 1. The highest BCUT2D eigenvalue weighted by Gasteiger charge is 2.46. The SMILES string of the molecule is CCOc1ccc2nc(N3C(=O)C(O)=C(C(=O)c4cc5ccccc5o4)C3c3cccc(Br)c3)sc2c1. The summed E-state index contributed by atoms with van der Waals surface area (Å²) in [6.07, 6.45) is 0. The van der Waals surface area contributed by atoms with E-state index in [1.807, 2.05) is 61.5 Å². The van der Waals surface area contributed by atoms with E-state index in [4.69, 9.17) is 9.15 Å². The number of hydrogen-bond acceptors (Lipinski definition) is 7. The number of Topliss-reactive ketones (excluding diaryl/α,β-unsaturated/α-hetero) is 1. The van der Waals surface area contributed by atoms with Crippen molar-refractivity contribution >= 4 is 65.3 Å². The standard InChI is InChI=1S/C28H19BrN2O5S/c1-2-35-18-10-11-19-22(14-18)37-28(30-19)31-24(16-7-5-8-17(29)12-16)23(26(33)27(31)34)25(32)21-13-15-6-3-4-9-20(15)36-21/h3-14,24,33H,2H2,1H3. The van der Waals surface area contributed by atoms with Gasteiger partial charge in [-0.3, -0.25) is 14.5 Å². The van der Waals surface area contributed by atoms with Crippen molar-refractivity contribution in [3.63, 3.8) is 0 Å². The van der Waals surface area contributed by atoms with Crippen molar-refractivity contribution in [2.24, 2.45) is 0 Å². The molecule has 1 N–H and O–H groups in total. The fourth-order valence-electron chi connectivity index (χ4n) is 4.51. The maximum absolute atomic E-state index is 13.8. The topological polar surface area (TPSA) is 92.9 Å². The Balaban J connectivity index is 1.49. The van der Waals surface area contributed by atoms with Crippen molar-refractivity contribution in [1.82, 2.24) is 4.98 Å². The number of nitrogens with zero attached hydrogens (tertiary/aromatic N) is 2. The Kier molecular flexibility index (Phi) is 5.81. The van der Waals surface area contributed by atoms with Crippen LogP contribution in [0.15, 0.2) is 93.0 Å². The number of para-hydroxylation sites is 1. The van der Waals surface area contributed by atoms with Gasteiger partial charge in [0, 0.05) is 9.86 Å². The van der Waals surface area contributed by atoms with Gasteiger partial charge in [0.1, 0.15) is 11.3 Å². The summed E-state index contributed by atoms with van der Waals surface area (Å²) >= 11 is 4.77. The predicted octanol–water partition coefficient (Wildman–Crippen LogP) is 6.99. The number of carbonyl (C=O) groups excluding carboxylic acids is 2. The Morgan fingerprint density at radius 2 is 1.97 bits per heavy atom. The highest BCUT2D eigenvalue weighted by atomic mass is 79.9. The Morgan fingerprint density at radius 3 is 2.76 bits per heavy atom. The lowest BCUT2D eigenvalue weighted by atomic mass is 9.95. The first kappa shape index (κ1) is 23.4. The van der Waals surface area contributed by atoms with Crippen LogP contribution in [0.5, 0.6) is 5.75 Å². The van der Waals surface area contributed by atoms with Crippen molar-refractivity contribution in [2.45, 2.75) is 13.0 Å². The number of aromatic nitrogens is 1. The van der Waals surface area contributed by atoms with E-state index in [0.29, 0.717) is 34.2 Å². The summed E-state index contributed by atoms with van der Waals surface area (Å²) < 4.78 is 13.0. The zero-order valence-electron chi connectivity index (χ0n) is 19.5. The van der Waals surface area contributed by atoms with Gasteiger partial charge in [0.2, 0.25) is 5.78 Å². The zero-order valence-corrected chi connectivity index (χ0v) is 21.9. The average molecular weight is 575 g/mol. The zero-order chi connectivity index (χ0) is 25.7. The minimum absolute atomic E-state index is 0.0445. The van der Waals surface area contributed by atoms with Crippen LogP contribution in [0.2, 0.25) is 0 Å². The third-order valence-corrected chi connectivity index (χ3v) is 7.64. The molecular weight excluding hydrogens is 556 g/mol. The fourth-order valence-corrected chi connectivity index (χ4v) is 5.94. The summed E-state index contributed by atoms with van der Waals surface area (Å²) in [6, 6.07) is 20.8. The fraction of sp³-hybridized carbons (Fsp3) is 0.107. The van der Waals surface area contributed by atoms with E-state index < -0.39 is 23.5 Å². The van der Waals surface area contributed by atoms with Gasteiger partial charge in [0.15, 0.2) is 16.7 Å². The summed E-state index contributed by atoms with van der Waals surface area (Å²) in [7, 11) is 0. The van der Waals surface area contributed by atoms with E-state index in [1.54, 1.807) is 18.2 Å². The van der Waals surface area contributed by atoms with Crippen LogP contribution in [0, 0.1) is 0 Å². The number of furan rings is 1. The lowest BCUT2D eigenvalue weighted by Gasteiger charge is -2.24. The average Bonchev–Trinajstić information content (AvgIpc) is 3.58. The molecule has 0 aliphatic carbocycles. The minimum Gasteiger partial charge on any atom is -0.503 e. The number of benzene rings is 3. The number of halogens is 1. The molecule has 9 heteroatoms. The van der Waals surface area contributed by atoms with E-state index in [1.165, 1.54) is 16.2 Å². The molecule has 1 aliphatic heterocycles. The molecule has 37 heavy (non-hydrogen) atoms. The Bertz CT molecular complexity index is 1700. The molecule has 5 aromatic rings. The monoisotopic (exact) mass is 574 g/mol. The molecule has 1 unspecified atom stereocenters. The summed E-state index contributed by atoms with van der Waals surface area (Å²) in [5.74, 6) is -1.14. The number of rotatable bonds is 6. The van der Waals surface area contributed by atoms with E-state index in [-0.39, 0.29) is 11.3 Å². The Morgan fingerprint density at radius 1 is 1.14 bits per heavy atom. The smallest absolute Gasteiger partial charge is 0.296 e. The number of carbonyl (C=O) groups is 2. The Hall–Kier alpha value is -3.95. The molecule has 0 fully saturated rings. The van der Waals surface area contributed by atoms with Crippen LogP contribution in [0.3, 0.4) is 0 Å². The van der Waals surface area contributed by atoms with E-state index in [2.05, 4.69) is 20.9 Å². The second kappa shape index (κ2) is 9.17. The number of ether oxygens (including phenoxy) is 1. The third-order valence-electron chi connectivity index (χ3n) is 6.13. The second-order valence-corrected chi connectivity index (χ2v) is 10.4. The van der Waals surface area contributed by atoms with Crippen molar-refractivity contribution < 1.29 is 23.8 Å². The highest BCUT2D eigenvalue weighted by Crippen LogP contribution is 2.45. The van der Waals surface area contributed by atoms with Crippen molar-refractivity contribution in [3.05, 3.63) is 99.9 Å². The van der Waals surface area contributed by atoms with E-state index >= 15 is 0 Å². The van der Waals surface area contributed by atoms with E-state index in [9.17, 15) is 14.7 Å². The highest BCUT2D eigenvalue weighted by molar-refractivity contribution is 9.10. The van der Waals surface area contributed by atoms with Gasteiger partial charge >= 0.3 is 0 Å². The van der Waals surface area contributed by atoms with Gasteiger partial charge in [-0.05, 0) is 55.0 Å². The third kappa shape index (κ3) is 4.00. The first-order chi connectivity index (χ1) is 17.9. The molecule has 1 aliphatic rings. The van der Waals surface area contributed by atoms with Crippen LogP contribution in [-0.4, -0.2) is 28.4 Å².